The maximum Gasteiger partial charge on any atom is 0.260 e. The van der Waals surface area contributed by atoms with Gasteiger partial charge in [0.25, 0.3) is 5.91 Å². The number of methoxy groups -OCH3 is 1. The van der Waals surface area contributed by atoms with Crippen LogP contribution in [-0.4, -0.2) is 68.2 Å². The first-order chi connectivity index (χ1) is 13.7. The van der Waals surface area contributed by atoms with Gasteiger partial charge in [0, 0.05) is 32.2 Å². The van der Waals surface area contributed by atoms with Crippen LogP contribution in [0.5, 0.6) is 11.5 Å². The molecule has 2 aliphatic rings. The molecule has 0 bridgehead atoms. The van der Waals surface area contributed by atoms with E-state index in [2.05, 4.69) is 17.1 Å². The predicted molar refractivity (Wildman–Crippen MR) is 111 cm³/mol. The van der Waals surface area contributed by atoms with Crippen molar-refractivity contribution in [3.05, 3.63) is 23.8 Å². The summed E-state index contributed by atoms with van der Waals surface area (Å²) >= 11 is 0. The molecule has 6 heteroatoms. The third kappa shape index (κ3) is 6.11. The van der Waals surface area contributed by atoms with E-state index in [-0.39, 0.29) is 12.5 Å². The molecule has 0 saturated carbocycles. The average Bonchev–Trinajstić information content (AvgIpc) is 3.26. The molecule has 0 aliphatic carbocycles. The maximum absolute atomic E-state index is 12.2. The Labute approximate surface area is 169 Å². The first kappa shape index (κ1) is 20.9. The molecule has 1 unspecified atom stereocenters. The van der Waals surface area contributed by atoms with Crippen molar-refractivity contribution < 1.29 is 14.3 Å². The number of nitrogens with zero attached hydrogens (tertiary/aromatic N) is 2. The molecule has 2 heterocycles. The summed E-state index contributed by atoms with van der Waals surface area (Å²) in [6.07, 6.45) is 6.20. The second kappa shape index (κ2) is 10.7. The van der Waals surface area contributed by atoms with Crippen molar-refractivity contribution in [3.8, 4) is 11.5 Å². The lowest BCUT2D eigenvalue weighted by atomic mass is 10.1. The second-order valence-corrected chi connectivity index (χ2v) is 8.00. The fourth-order valence-corrected chi connectivity index (χ4v) is 4.02. The van der Waals surface area contributed by atoms with Crippen molar-refractivity contribution in [1.29, 1.82) is 0 Å². The maximum atomic E-state index is 12.2. The van der Waals surface area contributed by atoms with Gasteiger partial charge >= 0.3 is 0 Å². The van der Waals surface area contributed by atoms with E-state index >= 15 is 0 Å². The summed E-state index contributed by atoms with van der Waals surface area (Å²) in [4.78, 5) is 16.6. The zero-order valence-corrected chi connectivity index (χ0v) is 17.4. The van der Waals surface area contributed by atoms with Crippen LogP contribution in [0.2, 0.25) is 0 Å². The summed E-state index contributed by atoms with van der Waals surface area (Å²) in [5, 5.41) is 3.61. The lowest BCUT2D eigenvalue weighted by Crippen LogP contribution is -2.41. The van der Waals surface area contributed by atoms with E-state index in [0.29, 0.717) is 17.5 Å². The van der Waals surface area contributed by atoms with Crippen molar-refractivity contribution in [2.75, 3.05) is 46.4 Å². The van der Waals surface area contributed by atoms with Crippen LogP contribution in [0.4, 0.5) is 0 Å². The Balaban J connectivity index is 1.47. The highest BCUT2D eigenvalue weighted by Crippen LogP contribution is 2.28. The van der Waals surface area contributed by atoms with Crippen LogP contribution in [0.1, 0.15) is 44.6 Å². The van der Waals surface area contributed by atoms with Gasteiger partial charge in [-0.1, -0.05) is 12.5 Å². The number of carbonyl (C=O) groups is 1. The van der Waals surface area contributed by atoms with Crippen LogP contribution in [0.3, 0.4) is 0 Å². The molecule has 1 aromatic rings. The normalized spacial score (nSPS) is 18.9. The average molecular weight is 390 g/mol. The van der Waals surface area contributed by atoms with E-state index in [4.69, 9.17) is 9.47 Å². The van der Waals surface area contributed by atoms with E-state index in [1.54, 1.807) is 7.11 Å². The number of hydrogen-bond donors (Lipinski definition) is 1. The Morgan fingerprint density at radius 2 is 1.79 bits per heavy atom. The van der Waals surface area contributed by atoms with Gasteiger partial charge in [0.2, 0.25) is 0 Å². The Bertz CT molecular complexity index is 625. The number of benzene rings is 1. The van der Waals surface area contributed by atoms with Crippen LogP contribution in [0.15, 0.2) is 18.2 Å². The molecule has 2 saturated heterocycles. The first-order valence-corrected chi connectivity index (χ1v) is 10.7. The van der Waals surface area contributed by atoms with Gasteiger partial charge in [-0.2, -0.15) is 0 Å². The van der Waals surface area contributed by atoms with Crippen LogP contribution < -0.4 is 14.8 Å². The SMILES string of the molecule is COc1cc(CNC(C)CN2CCCCC2)ccc1OCC(=O)N1CCCC1. The van der Waals surface area contributed by atoms with E-state index in [1.807, 2.05) is 23.1 Å². The largest absolute Gasteiger partial charge is 0.493 e. The number of amides is 1. The third-order valence-electron chi connectivity index (χ3n) is 5.67. The Morgan fingerprint density at radius 1 is 1.07 bits per heavy atom. The summed E-state index contributed by atoms with van der Waals surface area (Å²) in [6.45, 7) is 8.34. The van der Waals surface area contributed by atoms with Gasteiger partial charge in [0.15, 0.2) is 18.1 Å². The van der Waals surface area contributed by atoms with Crippen LogP contribution in [-0.2, 0) is 11.3 Å². The minimum atomic E-state index is 0.0526. The van der Waals surface area contributed by atoms with Gasteiger partial charge in [-0.25, -0.2) is 0 Å². The quantitative estimate of drug-likeness (QED) is 0.704. The Morgan fingerprint density at radius 3 is 2.50 bits per heavy atom. The molecule has 1 amide bonds. The number of nitrogens with one attached hydrogen (secondary N) is 1. The summed E-state index contributed by atoms with van der Waals surface area (Å²) in [5.74, 6) is 1.36. The molecule has 2 fully saturated rings. The second-order valence-electron chi connectivity index (χ2n) is 8.00. The molecule has 1 N–H and O–H groups in total. The lowest BCUT2D eigenvalue weighted by molar-refractivity contribution is -0.132. The number of rotatable bonds is 9. The van der Waals surface area contributed by atoms with Crippen LogP contribution in [0.25, 0.3) is 0 Å². The third-order valence-corrected chi connectivity index (χ3v) is 5.67. The molecule has 6 nitrogen and oxygen atoms in total. The Hall–Kier alpha value is -1.79. The molecular formula is C22H35N3O3. The summed E-state index contributed by atoms with van der Waals surface area (Å²) in [6, 6.07) is 6.38. The first-order valence-electron chi connectivity index (χ1n) is 10.7. The van der Waals surface area contributed by atoms with Gasteiger partial charge in [-0.05, 0) is 63.4 Å². The minimum absolute atomic E-state index is 0.0526. The van der Waals surface area contributed by atoms with E-state index in [1.165, 1.54) is 32.4 Å². The molecule has 2 aliphatic heterocycles. The highest BCUT2D eigenvalue weighted by Gasteiger charge is 2.19. The standard InChI is InChI=1S/C22H35N3O3/c1-18(16-24-10-4-3-5-11-24)23-15-19-8-9-20(21(14-19)27-2)28-17-22(26)25-12-6-7-13-25/h8-9,14,18,23H,3-7,10-13,15-17H2,1-2H3. The minimum Gasteiger partial charge on any atom is -0.493 e. The molecular weight excluding hydrogens is 354 g/mol. The molecule has 28 heavy (non-hydrogen) atoms. The topological polar surface area (TPSA) is 54.0 Å². The number of carbonyl (C=O) groups excluding carboxylic acids is 1. The van der Waals surface area contributed by atoms with Crippen molar-refractivity contribution in [1.82, 2.24) is 15.1 Å². The summed E-state index contributed by atoms with van der Waals surface area (Å²) < 4.78 is 11.2. The number of hydrogen-bond acceptors (Lipinski definition) is 5. The van der Waals surface area contributed by atoms with Crippen molar-refractivity contribution in [2.24, 2.45) is 0 Å². The van der Waals surface area contributed by atoms with Crippen LogP contribution >= 0.6 is 0 Å². The fraction of sp³-hybridized carbons (Fsp3) is 0.682. The smallest absolute Gasteiger partial charge is 0.260 e. The van der Waals surface area contributed by atoms with E-state index in [9.17, 15) is 4.79 Å². The molecule has 1 atom stereocenters. The lowest BCUT2D eigenvalue weighted by Gasteiger charge is -2.29. The van der Waals surface area contributed by atoms with Gasteiger partial charge in [-0.3, -0.25) is 4.79 Å². The van der Waals surface area contributed by atoms with Gasteiger partial charge in [0.1, 0.15) is 0 Å². The monoisotopic (exact) mass is 389 g/mol. The van der Waals surface area contributed by atoms with Gasteiger partial charge in [0.05, 0.1) is 7.11 Å². The highest BCUT2D eigenvalue weighted by molar-refractivity contribution is 5.78. The number of ether oxygens (including phenoxy) is 2. The number of piperidine rings is 1. The van der Waals surface area contributed by atoms with Crippen molar-refractivity contribution in [3.63, 3.8) is 0 Å². The van der Waals surface area contributed by atoms with E-state index < -0.39 is 0 Å². The summed E-state index contributed by atoms with van der Waals surface area (Å²) in [7, 11) is 1.64. The van der Waals surface area contributed by atoms with Crippen molar-refractivity contribution in [2.45, 2.75) is 51.6 Å². The van der Waals surface area contributed by atoms with E-state index in [0.717, 1.165) is 44.6 Å². The molecule has 0 radical (unpaired) electrons. The highest BCUT2D eigenvalue weighted by atomic mass is 16.5. The predicted octanol–water partition coefficient (Wildman–Crippen LogP) is 2.66. The van der Waals surface area contributed by atoms with Gasteiger partial charge < -0.3 is 24.6 Å². The molecule has 0 spiro atoms. The molecule has 1 aromatic carbocycles. The van der Waals surface area contributed by atoms with Crippen LogP contribution in [0, 0.1) is 0 Å². The molecule has 3 rings (SSSR count). The summed E-state index contributed by atoms with van der Waals surface area (Å²) in [5.41, 5.74) is 1.15. The zero-order valence-electron chi connectivity index (χ0n) is 17.4. The molecule has 0 aromatic heterocycles. The van der Waals surface area contributed by atoms with Crippen molar-refractivity contribution >= 4 is 5.91 Å². The Kier molecular flexibility index (Phi) is 7.98. The number of likely N-dealkylation sites (tertiary alicyclic amines) is 2. The zero-order chi connectivity index (χ0) is 19.8. The van der Waals surface area contributed by atoms with Gasteiger partial charge in [-0.15, -0.1) is 0 Å². The fourth-order valence-electron chi connectivity index (χ4n) is 4.02. The molecule has 156 valence electrons.